The maximum atomic E-state index is 11.9. The first-order valence-electron chi connectivity index (χ1n) is 4.57. The molecule has 0 saturated carbocycles. The Labute approximate surface area is 95.7 Å². The molecule has 0 aliphatic carbocycles. The molecule has 0 aromatic carbocycles. The van der Waals surface area contributed by atoms with Crippen molar-refractivity contribution in [1.82, 2.24) is 29.7 Å². The molecule has 8 heteroatoms. The van der Waals surface area contributed by atoms with Gasteiger partial charge >= 0.3 is 0 Å². The molecule has 0 unspecified atom stereocenters. The van der Waals surface area contributed by atoms with E-state index in [1.165, 1.54) is 6.33 Å². The van der Waals surface area contributed by atoms with Gasteiger partial charge in [0.1, 0.15) is 17.0 Å². The summed E-state index contributed by atoms with van der Waals surface area (Å²) in [6, 6.07) is 0. The average Bonchev–Trinajstić information content (AvgIpc) is 2.88. The molecular formula is C8H10N6OS. The molecule has 2 heterocycles. The first-order valence-corrected chi connectivity index (χ1v) is 5.34. The molecule has 1 amide bonds. The van der Waals surface area contributed by atoms with Gasteiger partial charge < -0.3 is 4.90 Å². The van der Waals surface area contributed by atoms with Gasteiger partial charge in [0, 0.05) is 7.05 Å². The number of H-pyrrole nitrogens is 1. The maximum Gasteiger partial charge on any atom is 0.267 e. The van der Waals surface area contributed by atoms with Crippen molar-refractivity contribution in [2.24, 2.45) is 0 Å². The number of carbonyl (C=O) groups is 1. The summed E-state index contributed by atoms with van der Waals surface area (Å²) in [5.41, 5.74) is 0.652. The summed E-state index contributed by atoms with van der Waals surface area (Å²) in [5.74, 6) is 0.537. The van der Waals surface area contributed by atoms with Gasteiger partial charge in [0.25, 0.3) is 5.91 Å². The van der Waals surface area contributed by atoms with Gasteiger partial charge in [-0.2, -0.15) is 5.10 Å². The Balaban J connectivity index is 2.08. The van der Waals surface area contributed by atoms with Crippen LogP contribution in [0.1, 0.15) is 21.2 Å². The second-order valence-electron chi connectivity index (χ2n) is 3.28. The van der Waals surface area contributed by atoms with Crippen LogP contribution in [0.3, 0.4) is 0 Å². The molecule has 84 valence electrons. The lowest BCUT2D eigenvalue weighted by Gasteiger charge is -2.13. The zero-order valence-corrected chi connectivity index (χ0v) is 9.65. The summed E-state index contributed by atoms with van der Waals surface area (Å²) in [4.78, 5) is 18.0. The highest BCUT2D eigenvalue weighted by Gasteiger charge is 2.18. The summed E-state index contributed by atoms with van der Waals surface area (Å²) in [6.45, 7) is 2.15. The minimum Gasteiger partial charge on any atom is -0.333 e. The number of nitrogens with one attached hydrogen (secondary N) is 1. The minimum atomic E-state index is -0.107. The number of amides is 1. The van der Waals surface area contributed by atoms with E-state index in [1.807, 2.05) is 0 Å². The van der Waals surface area contributed by atoms with Crippen LogP contribution in [0.15, 0.2) is 6.33 Å². The van der Waals surface area contributed by atoms with Crippen molar-refractivity contribution >= 4 is 17.4 Å². The summed E-state index contributed by atoms with van der Waals surface area (Å²) in [6.07, 6.45) is 1.41. The van der Waals surface area contributed by atoms with Crippen molar-refractivity contribution in [2.45, 2.75) is 13.5 Å². The van der Waals surface area contributed by atoms with Crippen LogP contribution in [0.4, 0.5) is 0 Å². The fourth-order valence-corrected chi connectivity index (χ4v) is 1.86. The lowest BCUT2D eigenvalue weighted by molar-refractivity contribution is 0.0785. The van der Waals surface area contributed by atoms with E-state index in [-0.39, 0.29) is 5.91 Å². The Kier molecular flexibility index (Phi) is 2.91. The third-order valence-electron chi connectivity index (χ3n) is 2.04. The van der Waals surface area contributed by atoms with E-state index in [0.717, 1.165) is 11.5 Å². The van der Waals surface area contributed by atoms with Crippen molar-refractivity contribution in [3.05, 3.63) is 22.7 Å². The molecular weight excluding hydrogens is 228 g/mol. The number of hydrogen-bond acceptors (Lipinski definition) is 6. The van der Waals surface area contributed by atoms with Crippen molar-refractivity contribution in [2.75, 3.05) is 7.05 Å². The Morgan fingerprint density at radius 3 is 3.00 bits per heavy atom. The third-order valence-corrected chi connectivity index (χ3v) is 2.86. The smallest absolute Gasteiger partial charge is 0.267 e. The number of carbonyl (C=O) groups excluding carboxylic acids is 1. The van der Waals surface area contributed by atoms with E-state index in [1.54, 1.807) is 18.9 Å². The van der Waals surface area contributed by atoms with Crippen molar-refractivity contribution < 1.29 is 4.79 Å². The molecule has 2 aromatic rings. The summed E-state index contributed by atoms with van der Waals surface area (Å²) in [7, 11) is 1.70. The zero-order chi connectivity index (χ0) is 11.5. The maximum absolute atomic E-state index is 11.9. The van der Waals surface area contributed by atoms with Crippen LogP contribution in [0.25, 0.3) is 0 Å². The quantitative estimate of drug-likeness (QED) is 0.827. The Bertz CT molecular complexity index is 478. The Morgan fingerprint density at radius 2 is 2.44 bits per heavy atom. The molecule has 0 bridgehead atoms. The Hall–Kier alpha value is -1.83. The predicted molar refractivity (Wildman–Crippen MR) is 56.8 cm³/mol. The van der Waals surface area contributed by atoms with Crippen molar-refractivity contribution in [1.29, 1.82) is 0 Å². The van der Waals surface area contributed by atoms with Gasteiger partial charge in [0.15, 0.2) is 0 Å². The number of aromatic nitrogens is 5. The number of rotatable bonds is 3. The molecule has 0 radical (unpaired) electrons. The van der Waals surface area contributed by atoms with E-state index >= 15 is 0 Å². The molecule has 7 nitrogen and oxygen atoms in total. The molecule has 1 N–H and O–H groups in total. The van der Waals surface area contributed by atoms with Gasteiger partial charge in [-0.05, 0) is 18.5 Å². The highest BCUT2D eigenvalue weighted by atomic mass is 32.1. The van der Waals surface area contributed by atoms with Crippen LogP contribution >= 0.6 is 11.5 Å². The van der Waals surface area contributed by atoms with Crippen LogP contribution in [0.2, 0.25) is 0 Å². The molecule has 16 heavy (non-hydrogen) atoms. The summed E-state index contributed by atoms with van der Waals surface area (Å²) in [5, 5.41) is 10.2. The lowest BCUT2D eigenvalue weighted by Crippen LogP contribution is -2.26. The molecule has 2 aromatic heterocycles. The van der Waals surface area contributed by atoms with E-state index in [0.29, 0.717) is 22.9 Å². The van der Waals surface area contributed by atoms with E-state index in [2.05, 4.69) is 24.8 Å². The van der Waals surface area contributed by atoms with E-state index < -0.39 is 0 Å². The number of aromatic amines is 1. The fraction of sp³-hybridized carbons (Fsp3) is 0.375. The highest BCUT2D eigenvalue weighted by molar-refractivity contribution is 7.07. The lowest BCUT2D eigenvalue weighted by atomic mass is 10.3. The largest absolute Gasteiger partial charge is 0.333 e. The standard InChI is InChI=1S/C8H10N6OS/c1-5-7(16-13-11-5)8(15)14(2)3-6-9-4-10-12-6/h4H,3H2,1-2H3,(H,9,10,12). The van der Waals surface area contributed by atoms with Gasteiger partial charge in [-0.1, -0.05) is 4.49 Å². The van der Waals surface area contributed by atoms with Gasteiger partial charge in [0.05, 0.1) is 12.2 Å². The van der Waals surface area contributed by atoms with Gasteiger partial charge in [-0.3, -0.25) is 9.89 Å². The molecule has 0 atom stereocenters. The topological polar surface area (TPSA) is 87.7 Å². The number of hydrogen-bond donors (Lipinski definition) is 1. The average molecular weight is 238 g/mol. The predicted octanol–water partition coefficient (Wildman–Crippen LogP) is 0.237. The van der Waals surface area contributed by atoms with E-state index in [9.17, 15) is 4.79 Å². The first kappa shape index (κ1) is 10.7. The normalized spacial score (nSPS) is 10.4. The van der Waals surface area contributed by atoms with Crippen LogP contribution in [-0.2, 0) is 6.54 Å². The van der Waals surface area contributed by atoms with Crippen LogP contribution in [0, 0.1) is 6.92 Å². The minimum absolute atomic E-state index is 0.107. The monoisotopic (exact) mass is 238 g/mol. The second-order valence-corrected chi connectivity index (χ2v) is 4.03. The highest BCUT2D eigenvalue weighted by Crippen LogP contribution is 2.12. The van der Waals surface area contributed by atoms with Crippen LogP contribution < -0.4 is 0 Å². The van der Waals surface area contributed by atoms with Gasteiger partial charge in [-0.15, -0.1) is 5.10 Å². The molecule has 0 aliphatic heterocycles. The second kappa shape index (κ2) is 4.35. The molecule has 2 rings (SSSR count). The van der Waals surface area contributed by atoms with Crippen molar-refractivity contribution in [3.63, 3.8) is 0 Å². The molecule has 0 aliphatic rings. The summed E-state index contributed by atoms with van der Waals surface area (Å²) >= 11 is 1.10. The molecule has 0 saturated heterocycles. The molecule has 0 fully saturated rings. The number of nitrogens with zero attached hydrogens (tertiary/aromatic N) is 5. The summed E-state index contributed by atoms with van der Waals surface area (Å²) < 4.78 is 3.73. The van der Waals surface area contributed by atoms with Crippen molar-refractivity contribution in [3.8, 4) is 0 Å². The van der Waals surface area contributed by atoms with Crippen LogP contribution in [0.5, 0.6) is 0 Å². The molecule has 0 spiro atoms. The third kappa shape index (κ3) is 2.06. The van der Waals surface area contributed by atoms with Gasteiger partial charge in [0.2, 0.25) is 0 Å². The van der Waals surface area contributed by atoms with Crippen LogP contribution in [-0.4, -0.2) is 42.6 Å². The van der Waals surface area contributed by atoms with Gasteiger partial charge in [-0.25, -0.2) is 4.98 Å². The zero-order valence-electron chi connectivity index (χ0n) is 8.84. The Morgan fingerprint density at radius 1 is 1.62 bits per heavy atom. The SMILES string of the molecule is Cc1nnsc1C(=O)N(C)Cc1ncn[nH]1. The number of aryl methyl sites for hydroxylation is 1. The van der Waals surface area contributed by atoms with E-state index in [4.69, 9.17) is 0 Å². The fourth-order valence-electron chi connectivity index (χ4n) is 1.20. The first-order chi connectivity index (χ1) is 7.68.